The molecule has 2 aliphatic rings. The number of piperazine rings is 1. The van der Waals surface area contributed by atoms with Crippen LogP contribution in [0.3, 0.4) is 0 Å². The van der Waals surface area contributed by atoms with Crippen LogP contribution in [-0.4, -0.2) is 49.7 Å². The maximum Gasteiger partial charge on any atom is 0.0195 e. The van der Waals surface area contributed by atoms with Crippen molar-refractivity contribution in [1.29, 1.82) is 0 Å². The topological polar surface area (TPSA) is 27.3 Å². The Morgan fingerprint density at radius 1 is 1.00 bits per heavy atom. The summed E-state index contributed by atoms with van der Waals surface area (Å²) in [5.41, 5.74) is 0. The molecule has 2 N–H and O–H groups in total. The number of hydrogen-bond acceptors (Lipinski definition) is 3. The lowest BCUT2D eigenvalue weighted by molar-refractivity contribution is 0.0884. The third-order valence-corrected chi connectivity index (χ3v) is 3.94. The van der Waals surface area contributed by atoms with Crippen molar-refractivity contribution in [2.75, 3.05) is 32.7 Å². The fraction of sp³-hybridized carbons (Fsp3) is 1.00. The van der Waals surface area contributed by atoms with E-state index in [9.17, 15) is 0 Å². The molecule has 0 spiro atoms. The van der Waals surface area contributed by atoms with E-state index in [0.717, 1.165) is 19.0 Å². The molecule has 2 unspecified atom stereocenters. The summed E-state index contributed by atoms with van der Waals surface area (Å²) in [5, 5.41) is 6.94. The van der Waals surface area contributed by atoms with Crippen LogP contribution in [0.15, 0.2) is 0 Å². The second-order valence-electron chi connectivity index (χ2n) is 5.25. The van der Waals surface area contributed by atoms with E-state index in [0.29, 0.717) is 12.1 Å². The normalized spacial score (nSPS) is 35.6. The Hall–Kier alpha value is -0.120. The standard InChI is InChI=1S/C12H25N3/c1-10-7-14-8-11(2)15(10)9-12-3-5-13-6-4-12/h10-14H,3-9H2,1-2H3. The molecule has 2 heterocycles. The zero-order chi connectivity index (χ0) is 10.7. The summed E-state index contributed by atoms with van der Waals surface area (Å²) in [6, 6.07) is 1.42. The Bertz CT molecular complexity index is 179. The molecule has 15 heavy (non-hydrogen) atoms. The van der Waals surface area contributed by atoms with Crippen LogP contribution in [-0.2, 0) is 0 Å². The molecule has 0 aromatic carbocycles. The van der Waals surface area contributed by atoms with Crippen LogP contribution in [0, 0.1) is 5.92 Å². The second-order valence-corrected chi connectivity index (χ2v) is 5.25. The van der Waals surface area contributed by atoms with Gasteiger partial charge in [0.15, 0.2) is 0 Å². The van der Waals surface area contributed by atoms with Crippen molar-refractivity contribution < 1.29 is 0 Å². The van der Waals surface area contributed by atoms with E-state index in [1.165, 1.54) is 32.5 Å². The molecule has 2 aliphatic heterocycles. The molecule has 0 aliphatic carbocycles. The van der Waals surface area contributed by atoms with Gasteiger partial charge in [0.2, 0.25) is 0 Å². The molecule has 2 fully saturated rings. The fourth-order valence-electron chi connectivity index (χ4n) is 2.89. The minimum Gasteiger partial charge on any atom is -0.317 e. The van der Waals surface area contributed by atoms with Crippen LogP contribution >= 0.6 is 0 Å². The lowest BCUT2D eigenvalue weighted by Gasteiger charge is -2.42. The summed E-state index contributed by atoms with van der Waals surface area (Å²) >= 11 is 0. The van der Waals surface area contributed by atoms with Gasteiger partial charge in [-0.25, -0.2) is 0 Å². The predicted molar refractivity (Wildman–Crippen MR) is 64.1 cm³/mol. The van der Waals surface area contributed by atoms with Gasteiger partial charge in [0.1, 0.15) is 0 Å². The SMILES string of the molecule is CC1CNCC(C)N1CC1CCNCC1. The largest absolute Gasteiger partial charge is 0.317 e. The van der Waals surface area contributed by atoms with E-state index in [1.807, 2.05) is 0 Å². The molecule has 88 valence electrons. The number of nitrogens with zero attached hydrogens (tertiary/aromatic N) is 1. The monoisotopic (exact) mass is 211 g/mol. The zero-order valence-corrected chi connectivity index (χ0v) is 10.1. The smallest absolute Gasteiger partial charge is 0.0195 e. The van der Waals surface area contributed by atoms with E-state index in [-0.39, 0.29) is 0 Å². The first-order valence-corrected chi connectivity index (χ1v) is 6.44. The van der Waals surface area contributed by atoms with E-state index >= 15 is 0 Å². The van der Waals surface area contributed by atoms with Crippen molar-refractivity contribution >= 4 is 0 Å². The third-order valence-electron chi connectivity index (χ3n) is 3.94. The molecule has 0 amide bonds. The van der Waals surface area contributed by atoms with Crippen LogP contribution in [0.1, 0.15) is 26.7 Å². The van der Waals surface area contributed by atoms with E-state index in [1.54, 1.807) is 0 Å². The van der Waals surface area contributed by atoms with Crippen molar-refractivity contribution in [3.8, 4) is 0 Å². The zero-order valence-electron chi connectivity index (χ0n) is 10.1. The molecule has 3 nitrogen and oxygen atoms in total. The summed E-state index contributed by atoms with van der Waals surface area (Å²) < 4.78 is 0. The van der Waals surface area contributed by atoms with Crippen molar-refractivity contribution in [3.05, 3.63) is 0 Å². The summed E-state index contributed by atoms with van der Waals surface area (Å²) in [6.45, 7) is 10.8. The summed E-state index contributed by atoms with van der Waals surface area (Å²) in [4.78, 5) is 2.70. The van der Waals surface area contributed by atoms with Gasteiger partial charge < -0.3 is 10.6 Å². The Labute approximate surface area is 93.6 Å². The van der Waals surface area contributed by atoms with Crippen LogP contribution < -0.4 is 10.6 Å². The molecule has 2 rings (SSSR count). The van der Waals surface area contributed by atoms with Crippen molar-refractivity contribution in [2.24, 2.45) is 5.92 Å². The molecule has 0 saturated carbocycles. The maximum atomic E-state index is 3.50. The molecule has 0 aromatic rings. The van der Waals surface area contributed by atoms with Gasteiger partial charge in [0.05, 0.1) is 0 Å². The van der Waals surface area contributed by atoms with Gasteiger partial charge in [0.25, 0.3) is 0 Å². The maximum absolute atomic E-state index is 3.50. The summed E-state index contributed by atoms with van der Waals surface area (Å²) in [7, 11) is 0. The van der Waals surface area contributed by atoms with Gasteiger partial charge in [0, 0.05) is 31.7 Å². The lowest BCUT2D eigenvalue weighted by atomic mass is 9.95. The highest BCUT2D eigenvalue weighted by atomic mass is 15.2. The van der Waals surface area contributed by atoms with Crippen molar-refractivity contribution in [3.63, 3.8) is 0 Å². The molecular weight excluding hydrogens is 186 g/mol. The molecule has 2 saturated heterocycles. The minimum atomic E-state index is 0.712. The second kappa shape index (κ2) is 5.28. The first-order chi connectivity index (χ1) is 7.27. The van der Waals surface area contributed by atoms with Crippen molar-refractivity contribution in [1.82, 2.24) is 15.5 Å². The van der Waals surface area contributed by atoms with Gasteiger partial charge in [-0.3, -0.25) is 4.90 Å². The van der Waals surface area contributed by atoms with Crippen LogP contribution in [0.25, 0.3) is 0 Å². The quantitative estimate of drug-likeness (QED) is 0.703. The van der Waals surface area contributed by atoms with Gasteiger partial charge >= 0.3 is 0 Å². The highest BCUT2D eigenvalue weighted by Gasteiger charge is 2.27. The number of hydrogen-bond donors (Lipinski definition) is 2. The van der Waals surface area contributed by atoms with Crippen LogP contribution in [0.4, 0.5) is 0 Å². The number of rotatable bonds is 2. The number of piperidine rings is 1. The highest BCUT2D eigenvalue weighted by molar-refractivity contribution is 4.84. The highest BCUT2D eigenvalue weighted by Crippen LogP contribution is 2.18. The van der Waals surface area contributed by atoms with E-state index in [2.05, 4.69) is 29.4 Å². The molecule has 0 radical (unpaired) electrons. The minimum absolute atomic E-state index is 0.712. The Morgan fingerprint density at radius 3 is 2.20 bits per heavy atom. The molecule has 2 atom stereocenters. The van der Waals surface area contributed by atoms with E-state index < -0.39 is 0 Å². The molecule has 3 heteroatoms. The Morgan fingerprint density at radius 2 is 1.60 bits per heavy atom. The first-order valence-electron chi connectivity index (χ1n) is 6.44. The Balaban J connectivity index is 1.84. The molecule has 0 bridgehead atoms. The van der Waals surface area contributed by atoms with Gasteiger partial charge in [-0.15, -0.1) is 0 Å². The molecule has 0 aromatic heterocycles. The summed E-state index contributed by atoms with van der Waals surface area (Å²) in [5.74, 6) is 0.925. The van der Waals surface area contributed by atoms with E-state index in [4.69, 9.17) is 0 Å². The fourth-order valence-corrected chi connectivity index (χ4v) is 2.89. The molecular formula is C12H25N3. The number of nitrogens with one attached hydrogen (secondary N) is 2. The first kappa shape index (κ1) is 11.4. The van der Waals surface area contributed by atoms with Gasteiger partial charge in [-0.2, -0.15) is 0 Å². The van der Waals surface area contributed by atoms with Crippen LogP contribution in [0.2, 0.25) is 0 Å². The average molecular weight is 211 g/mol. The summed E-state index contributed by atoms with van der Waals surface area (Å²) in [6.07, 6.45) is 2.73. The van der Waals surface area contributed by atoms with Crippen molar-refractivity contribution in [2.45, 2.75) is 38.8 Å². The third kappa shape index (κ3) is 2.92. The predicted octanol–water partition coefficient (Wildman–Crippen LogP) is 0.668. The van der Waals surface area contributed by atoms with Gasteiger partial charge in [-0.05, 0) is 45.7 Å². The van der Waals surface area contributed by atoms with Gasteiger partial charge in [-0.1, -0.05) is 0 Å². The van der Waals surface area contributed by atoms with Crippen LogP contribution in [0.5, 0.6) is 0 Å². The Kier molecular flexibility index (Phi) is 4.00. The lowest BCUT2D eigenvalue weighted by Crippen LogP contribution is -2.56. The average Bonchev–Trinajstić information content (AvgIpc) is 2.25.